The number of hydrogen-bond acceptors (Lipinski definition) is 2. The monoisotopic (exact) mass is 237 g/mol. The second-order valence-electron chi connectivity index (χ2n) is 6.65. The SMILES string of the molecule is CNCC1(C2(C3CCCCC3)COC2)CCC1. The van der Waals surface area contributed by atoms with E-state index in [2.05, 4.69) is 12.4 Å². The smallest absolute Gasteiger partial charge is 0.0553 e. The quantitative estimate of drug-likeness (QED) is 0.811. The zero-order valence-electron chi connectivity index (χ0n) is 11.3. The molecular formula is C15H27NO. The van der Waals surface area contributed by atoms with Gasteiger partial charge in [-0.15, -0.1) is 0 Å². The summed E-state index contributed by atoms with van der Waals surface area (Å²) in [6.45, 7) is 3.32. The molecule has 1 aliphatic heterocycles. The Morgan fingerprint density at radius 2 is 1.76 bits per heavy atom. The molecule has 1 N–H and O–H groups in total. The zero-order valence-corrected chi connectivity index (χ0v) is 11.3. The summed E-state index contributed by atoms with van der Waals surface area (Å²) in [4.78, 5) is 0. The summed E-state index contributed by atoms with van der Waals surface area (Å²) in [5.74, 6) is 0.957. The van der Waals surface area contributed by atoms with Gasteiger partial charge in [-0.05, 0) is 44.1 Å². The minimum Gasteiger partial charge on any atom is -0.380 e. The minimum absolute atomic E-state index is 0.550. The summed E-state index contributed by atoms with van der Waals surface area (Å²) >= 11 is 0. The molecule has 17 heavy (non-hydrogen) atoms. The van der Waals surface area contributed by atoms with E-state index in [0.29, 0.717) is 10.8 Å². The first kappa shape index (κ1) is 12.0. The second kappa shape index (κ2) is 4.55. The molecule has 0 amide bonds. The van der Waals surface area contributed by atoms with Gasteiger partial charge in [-0.1, -0.05) is 25.7 Å². The minimum atomic E-state index is 0.550. The summed E-state index contributed by atoms with van der Waals surface area (Å²) in [7, 11) is 2.12. The van der Waals surface area contributed by atoms with Crippen molar-refractivity contribution in [3.05, 3.63) is 0 Å². The van der Waals surface area contributed by atoms with Crippen molar-refractivity contribution >= 4 is 0 Å². The molecule has 2 nitrogen and oxygen atoms in total. The first-order valence-electron chi connectivity index (χ1n) is 7.55. The van der Waals surface area contributed by atoms with E-state index in [4.69, 9.17) is 4.74 Å². The van der Waals surface area contributed by atoms with Crippen LogP contribution in [0.25, 0.3) is 0 Å². The van der Waals surface area contributed by atoms with Crippen LogP contribution < -0.4 is 5.32 Å². The first-order valence-corrected chi connectivity index (χ1v) is 7.55. The Morgan fingerprint density at radius 1 is 1.06 bits per heavy atom. The second-order valence-corrected chi connectivity index (χ2v) is 6.65. The van der Waals surface area contributed by atoms with Gasteiger partial charge in [0.05, 0.1) is 13.2 Å². The number of rotatable bonds is 4. The van der Waals surface area contributed by atoms with E-state index in [-0.39, 0.29) is 0 Å². The lowest BCUT2D eigenvalue weighted by atomic mass is 9.46. The molecule has 1 heterocycles. The molecule has 0 unspecified atom stereocenters. The molecule has 0 aromatic heterocycles. The van der Waals surface area contributed by atoms with E-state index in [1.165, 1.54) is 57.9 Å². The van der Waals surface area contributed by atoms with Gasteiger partial charge in [0.15, 0.2) is 0 Å². The summed E-state index contributed by atoms with van der Waals surface area (Å²) in [5.41, 5.74) is 1.14. The van der Waals surface area contributed by atoms with E-state index in [9.17, 15) is 0 Å². The molecule has 0 radical (unpaired) electrons. The Labute approximate surface area is 105 Å². The lowest BCUT2D eigenvalue weighted by Gasteiger charge is -2.64. The largest absolute Gasteiger partial charge is 0.380 e. The Bertz CT molecular complexity index is 262. The average Bonchev–Trinajstić information content (AvgIpc) is 2.25. The zero-order chi connectivity index (χ0) is 11.8. The van der Waals surface area contributed by atoms with E-state index < -0.39 is 0 Å². The van der Waals surface area contributed by atoms with Crippen molar-refractivity contribution in [1.29, 1.82) is 0 Å². The Balaban J connectivity index is 1.79. The van der Waals surface area contributed by atoms with Gasteiger partial charge in [0.2, 0.25) is 0 Å². The van der Waals surface area contributed by atoms with E-state index in [1.807, 2.05) is 0 Å². The molecule has 3 fully saturated rings. The topological polar surface area (TPSA) is 21.3 Å². The predicted octanol–water partition coefficient (Wildman–Crippen LogP) is 2.97. The highest BCUT2D eigenvalue weighted by Gasteiger charge is 2.61. The maximum absolute atomic E-state index is 5.69. The fourth-order valence-corrected chi connectivity index (χ4v) is 4.74. The molecular weight excluding hydrogens is 210 g/mol. The van der Waals surface area contributed by atoms with Crippen LogP contribution in [0, 0.1) is 16.7 Å². The van der Waals surface area contributed by atoms with Crippen LogP contribution in [0.5, 0.6) is 0 Å². The number of hydrogen-bond donors (Lipinski definition) is 1. The Morgan fingerprint density at radius 3 is 2.18 bits per heavy atom. The molecule has 98 valence electrons. The maximum Gasteiger partial charge on any atom is 0.0553 e. The highest BCUT2D eigenvalue weighted by atomic mass is 16.5. The summed E-state index contributed by atoms with van der Waals surface area (Å²) < 4.78 is 5.69. The fraction of sp³-hybridized carbons (Fsp3) is 1.00. The van der Waals surface area contributed by atoms with Crippen LogP contribution in [-0.4, -0.2) is 26.8 Å². The van der Waals surface area contributed by atoms with Gasteiger partial charge < -0.3 is 10.1 Å². The van der Waals surface area contributed by atoms with Gasteiger partial charge in [-0.25, -0.2) is 0 Å². The van der Waals surface area contributed by atoms with Gasteiger partial charge >= 0.3 is 0 Å². The van der Waals surface area contributed by atoms with Crippen LogP contribution in [0.15, 0.2) is 0 Å². The van der Waals surface area contributed by atoms with E-state index >= 15 is 0 Å². The summed E-state index contributed by atoms with van der Waals surface area (Å²) in [6, 6.07) is 0. The predicted molar refractivity (Wildman–Crippen MR) is 70.0 cm³/mol. The third-order valence-electron chi connectivity index (χ3n) is 5.99. The lowest BCUT2D eigenvalue weighted by Crippen LogP contribution is -2.65. The van der Waals surface area contributed by atoms with Crippen molar-refractivity contribution in [3.8, 4) is 0 Å². The van der Waals surface area contributed by atoms with Crippen LogP contribution in [0.1, 0.15) is 51.4 Å². The fourth-order valence-electron chi connectivity index (χ4n) is 4.74. The summed E-state index contributed by atoms with van der Waals surface area (Å²) in [6.07, 6.45) is 11.6. The number of ether oxygens (including phenoxy) is 1. The van der Waals surface area contributed by atoms with E-state index in [0.717, 1.165) is 19.1 Å². The molecule has 2 saturated carbocycles. The van der Waals surface area contributed by atoms with Gasteiger partial charge in [-0.3, -0.25) is 0 Å². The first-order chi connectivity index (χ1) is 8.33. The molecule has 2 heteroatoms. The molecule has 1 saturated heterocycles. The molecule has 3 aliphatic rings. The van der Waals surface area contributed by atoms with Crippen molar-refractivity contribution in [2.45, 2.75) is 51.4 Å². The van der Waals surface area contributed by atoms with Crippen molar-refractivity contribution in [1.82, 2.24) is 5.32 Å². The van der Waals surface area contributed by atoms with Crippen molar-refractivity contribution in [2.24, 2.45) is 16.7 Å². The van der Waals surface area contributed by atoms with Crippen LogP contribution in [0.3, 0.4) is 0 Å². The lowest BCUT2D eigenvalue weighted by molar-refractivity contribution is -0.242. The summed E-state index contributed by atoms with van der Waals surface area (Å²) in [5, 5.41) is 3.47. The molecule has 2 aliphatic carbocycles. The van der Waals surface area contributed by atoms with Gasteiger partial charge in [0, 0.05) is 12.0 Å². The van der Waals surface area contributed by atoms with Crippen LogP contribution in [0.2, 0.25) is 0 Å². The molecule has 0 spiro atoms. The Hall–Kier alpha value is -0.0800. The average molecular weight is 237 g/mol. The van der Waals surface area contributed by atoms with Crippen molar-refractivity contribution in [2.75, 3.05) is 26.8 Å². The normalized spacial score (nSPS) is 31.6. The Kier molecular flexibility index (Phi) is 3.20. The van der Waals surface area contributed by atoms with Crippen LogP contribution >= 0.6 is 0 Å². The van der Waals surface area contributed by atoms with Crippen molar-refractivity contribution < 1.29 is 4.74 Å². The third kappa shape index (κ3) is 1.67. The molecule has 0 atom stereocenters. The highest BCUT2D eigenvalue weighted by molar-refractivity contribution is 5.10. The molecule has 3 rings (SSSR count). The standard InChI is InChI=1S/C15H27NO/c1-16-10-14(8-5-9-14)15(11-17-12-15)13-6-3-2-4-7-13/h13,16H,2-12H2,1H3. The maximum atomic E-state index is 5.69. The van der Waals surface area contributed by atoms with Crippen LogP contribution in [-0.2, 0) is 4.74 Å². The van der Waals surface area contributed by atoms with E-state index in [1.54, 1.807) is 0 Å². The van der Waals surface area contributed by atoms with Gasteiger partial charge in [-0.2, -0.15) is 0 Å². The van der Waals surface area contributed by atoms with Crippen LogP contribution in [0.4, 0.5) is 0 Å². The molecule has 0 aromatic carbocycles. The highest BCUT2D eigenvalue weighted by Crippen LogP contribution is 2.62. The third-order valence-corrected chi connectivity index (χ3v) is 5.99. The number of nitrogens with one attached hydrogen (secondary N) is 1. The molecule has 0 aromatic rings. The molecule has 0 bridgehead atoms. The van der Waals surface area contributed by atoms with Gasteiger partial charge in [0.1, 0.15) is 0 Å². The van der Waals surface area contributed by atoms with Crippen molar-refractivity contribution in [3.63, 3.8) is 0 Å². The van der Waals surface area contributed by atoms with Gasteiger partial charge in [0.25, 0.3) is 0 Å².